The number of rotatable bonds is 9. The third-order valence-corrected chi connectivity index (χ3v) is 7.08. The summed E-state index contributed by atoms with van der Waals surface area (Å²) < 4.78 is 2.05. The maximum atomic E-state index is 12.8. The Labute approximate surface area is 228 Å². The molecule has 0 saturated heterocycles. The lowest BCUT2D eigenvalue weighted by Crippen LogP contribution is -2.11. The van der Waals surface area contributed by atoms with Crippen LogP contribution >= 0.6 is 11.6 Å². The van der Waals surface area contributed by atoms with Crippen molar-refractivity contribution in [3.05, 3.63) is 100 Å². The van der Waals surface area contributed by atoms with Gasteiger partial charge < -0.3 is 5.32 Å². The number of hydrogen-bond acceptors (Lipinski definition) is 5. The lowest BCUT2D eigenvalue weighted by atomic mass is 9.95. The molecule has 1 N–H and O–H groups in total. The highest BCUT2D eigenvalue weighted by molar-refractivity contribution is 6.30. The second-order valence-electron chi connectivity index (χ2n) is 9.65. The largest absolute Gasteiger partial charge is 0.313 e. The highest BCUT2D eigenvalue weighted by Crippen LogP contribution is 2.35. The van der Waals surface area contributed by atoms with E-state index < -0.39 is 6.04 Å². The van der Waals surface area contributed by atoms with Crippen molar-refractivity contribution in [3.8, 4) is 16.8 Å². The van der Waals surface area contributed by atoms with Crippen molar-refractivity contribution in [2.24, 2.45) is 4.99 Å². The van der Waals surface area contributed by atoms with Crippen LogP contribution in [0.4, 0.5) is 0 Å². The van der Waals surface area contributed by atoms with Crippen molar-refractivity contribution in [1.29, 1.82) is 0 Å². The molecule has 6 nitrogen and oxygen atoms in total. The number of aliphatic imine (C=N–C) groups is 1. The van der Waals surface area contributed by atoms with Gasteiger partial charge >= 0.3 is 0 Å². The van der Waals surface area contributed by atoms with Crippen LogP contribution in [0.2, 0.25) is 5.02 Å². The highest BCUT2D eigenvalue weighted by atomic mass is 35.5. The smallest absolute Gasteiger partial charge is 0.162 e. The van der Waals surface area contributed by atoms with Crippen LogP contribution in [0.5, 0.6) is 0 Å². The third-order valence-electron chi connectivity index (χ3n) is 6.83. The topological polar surface area (TPSA) is 72.2 Å². The van der Waals surface area contributed by atoms with E-state index in [2.05, 4.69) is 69.5 Å². The molecule has 1 aliphatic rings. The number of carbonyl (C=O) groups is 1. The van der Waals surface area contributed by atoms with E-state index >= 15 is 0 Å². The van der Waals surface area contributed by atoms with Gasteiger partial charge in [-0.05, 0) is 66.9 Å². The van der Waals surface area contributed by atoms with Gasteiger partial charge in [0.05, 0.1) is 11.4 Å². The van der Waals surface area contributed by atoms with Gasteiger partial charge in [-0.25, -0.2) is 0 Å². The molecule has 0 radical (unpaired) electrons. The molecule has 1 aromatic heterocycles. The molecule has 194 valence electrons. The van der Waals surface area contributed by atoms with Crippen LogP contribution in [0.15, 0.2) is 71.7 Å². The van der Waals surface area contributed by atoms with Crippen LogP contribution in [-0.4, -0.2) is 32.8 Å². The van der Waals surface area contributed by atoms with Gasteiger partial charge in [0, 0.05) is 35.5 Å². The van der Waals surface area contributed by atoms with E-state index in [9.17, 15) is 4.79 Å². The summed E-state index contributed by atoms with van der Waals surface area (Å²) in [5, 5.41) is 12.9. The lowest BCUT2D eigenvalue weighted by Gasteiger charge is -2.15. The Morgan fingerprint density at radius 3 is 2.50 bits per heavy atom. The fraction of sp³-hybridized carbons (Fsp3) is 0.290. The van der Waals surface area contributed by atoms with Gasteiger partial charge in [0.25, 0.3) is 0 Å². The van der Waals surface area contributed by atoms with Gasteiger partial charge in [-0.2, -0.15) is 0 Å². The van der Waals surface area contributed by atoms with Crippen LogP contribution in [0.25, 0.3) is 16.8 Å². The molecule has 0 amide bonds. The second kappa shape index (κ2) is 11.4. The Hall–Kier alpha value is -3.61. The van der Waals surface area contributed by atoms with Gasteiger partial charge in [-0.1, -0.05) is 61.8 Å². The summed E-state index contributed by atoms with van der Waals surface area (Å²) in [5.41, 5.74) is 7.15. The number of aryl methyl sites for hydroxylation is 1. The van der Waals surface area contributed by atoms with Crippen molar-refractivity contribution in [1.82, 2.24) is 20.1 Å². The van der Waals surface area contributed by atoms with Crippen LogP contribution in [0, 0.1) is 6.92 Å². The summed E-state index contributed by atoms with van der Waals surface area (Å²) in [4.78, 5) is 18.0. The zero-order valence-electron chi connectivity index (χ0n) is 22.0. The summed E-state index contributed by atoms with van der Waals surface area (Å²) in [7, 11) is 0. The number of carbonyl (C=O) groups excluding carboxylic acids is 1. The standard InChI is InChI=1S/C31H32ClN5O/c1-4-7-26(38)18-28-31-36-35-20(3)37(31)29-15-12-24(23-9-6-8-21(16-23)19-33-5-2)17-27(29)30(34-28)22-10-13-25(32)14-11-22/h6,8-17,28,33H,4-5,7,18-19H2,1-3H3/t28-/m0/s1. The van der Waals surface area contributed by atoms with E-state index in [4.69, 9.17) is 16.6 Å². The SMILES string of the molecule is CCCC(=O)C[C@@H]1N=C(c2ccc(Cl)cc2)c2cc(-c3cccc(CNCC)c3)ccc2-n2c(C)nnc21. The number of nitrogens with zero attached hydrogens (tertiary/aromatic N) is 4. The monoisotopic (exact) mass is 525 g/mol. The van der Waals surface area contributed by atoms with Gasteiger partial charge in [0.1, 0.15) is 17.6 Å². The number of Topliss-reactive ketones (excluding diaryl/α,β-unsaturated/α-hetero) is 1. The molecule has 7 heteroatoms. The average molecular weight is 526 g/mol. The first-order valence-corrected chi connectivity index (χ1v) is 13.6. The highest BCUT2D eigenvalue weighted by Gasteiger charge is 2.29. The Kier molecular flexibility index (Phi) is 7.82. The number of fused-ring (bicyclic) bond motifs is 3. The van der Waals surface area contributed by atoms with Crippen molar-refractivity contribution in [2.75, 3.05) is 6.54 Å². The second-order valence-corrected chi connectivity index (χ2v) is 10.1. The van der Waals surface area contributed by atoms with Crippen molar-refractivity contribution in [2.45, 2.75) is 52.6 Å². The quantitative estimate of drug-likeness (QED) is 0.265. The molecule has 0 saturated carbocycles. The van der Waals surface area contributed by atoms with E-state index in [1.165, 1.54) is 5.56 Å². The van der Waals surface area contributed by atoms with E-state index in [0.717, 1.165) is 59.0 Å². The number of aromatic nitrogens is 3. The van der Waals surface area contributed by atoms with Gasteiger partial charge in [0.2, 0.25) is 0 Å². The number of benzene rings is 3. The minimum absolute atomic E-state index is 0.174. The Balaban J connectivity index is 1.69. The summed E-state index contributed by atoms with van der Waals surface area (Å²) >= 11 is 6.24. The van der Waals surface area contributed by atoms with E-state index in [0.29, 0.717) is 17.3 Å². The molecule has 0 aliphatic carbocycles. The Bertz CT molecular complexity index is 1490. The lowest BCUT2D eigenvalue weighted by molar-refractivity contribution is -0.119. The zero-order chi connectivity index (χ0) is 26.6. The first-order valence-electron chi connectivity index (χ1n) is 13.2. The first-order chi connectivity index (χ1) is 18.5. The molecular formula is C31H32ClN5O. The molecule has 38 heavy (non-hydrogen) atoms. The normalized spacial score (nSPS) is 14.4. The van der Waals surface area contributed by atoms with Crippen LogP contribution in [0.1, 0.15) is 67.5 Å². The first kappa shape index (κ1) is 26.0. The van der Waals surface area contributed by atoms with Crippen molar-refractivity contribution < 1.29 is 4.79 Å². The zero-order valence-corrected chi connectivity index (χ0v) is 22.8. The fourth-order valence-corrected chi connectivity index (χ4v) is 5.10. The molecule has 2 heterocycles. The maximum absolute atomic E-state index is 12.8. The predicted octanol–water partition coefficient (Wildman–Crippen LogP) is 6.66. The van der Waals surface area contributed by atoms with E-state index in [-0.39, 0.29) is 12.2 Å². The summed E-state index contributed by atoms with van der Waals surface area (Å²) in [6, 6.07) is 22.3. The molecule has 0 bridgehead atoms. The summed E-state index contributed by atoms with van der Waals surface area (Å²) in [5.74, 6) is 1.63. The molecule has 0 unspecified atom stereocenters. The molecule has 5 rings (SSSR count). The third kappa shape index (κ3) is 5.33. The summed E-state index contributed by atoms with van der Waals surface area (Å²) in [6.45, 7) is 7.82. The fourth-order valence-electron chi connectivity index (χ4n) is 4.98. The Morgan fingerprint density at radius 2 is 1.74 bits per heavy atom. The van der Waals surface area contributed by atoms with E-state index in [1.54, 1.807) is 0 Å². The average Bonchev–Trinajstić information content (AvgIpc) is 3.25. The molecule has 4 aromatic rings. The number of ketones is 1. The van der Waals surface area contributed by atoms with Crippen LogP contribution in [-0.2, 0) is 11.3 Å². The minimum Gasteiger partial charge on any atom is -0.313 e. The molecule has 1 atom stereocenters. The molecule has 0 spiro atoms. The number of nitrogens with one attached hydrogen (secondary N) is 1. The van der Waals surface area contributed by atoms with Gasteiger partial charge in [-0.15, -0.1) is 10.2 Å². The minimum atomic E-state index is -0.430. The van der Waals surface area contributed by atoms with Crippen LogP contribution in [0.3, 0.4) is 0 Å². The molecule has 1 aliphatic heterocycles. The molecule has 3 aromatic carbocycles. The van der Waals surface area contributed by atoms with Gasteiger partial charge in [0.15, 0.2) is 5.82 Å². The molecular weight excluding hydrogens is 494 g/mol. The number of hydrogen-bond donors (Lipinski definition) is 1. The number of halogens is 1. The van der Waals surface area contributed by atoms with Crippen molar-refractivity contribution in [3.63, 3.8) is 0 Å². The maximum Gasteiger partial charge on any atom is 0.162 e. The predicted molar refractivity (Wildman–Crippen MR) is 153 cm³/mol. The summed E-state index contributed by atoms with van der Waals surface area (Å²) in [6.07, 6.45) is 1.62. The van der Waals surface area contributed by atoms with E-state index in [1.807, 2.05) is 38.1 Å². The molecule has 0 fully saturated rings. The Morgan fingerprint density at radius 1 is 0.974 bits per heavy atom. The van der Waals surface area contributed by atoms with Crippen molar-refractivity contribution >= 4 is 23.1 Å². The van der Waals surface area contributed by atoms with Gasteiger partial charge in [-0.3, -0.25) is 14.4 Å². The van der Waals surface area contributed by atoms with Crippen LogP contribution < -0.4 is 5.32 Å².